The summed E-state index contributed by atoms with van der Waals surface area (Å²) >= 11 is 0. The number of non-ortho nitro benzene ring substituents is 1. The van der Waals surface area contributed by atoms with E-state index in [0.717, 1.165) is 44.0 Å². The van der Waals surface area contributed by atoms with Gasteiger partial charge in [-0.05, 0) is 63.9 Å². The van der Waals surface area contributed by atoms with Crippen molar-refractivity contribution in [2.75, 3.05) is 7.11 Å². The van der Waals surface area contributed by atoms with Gasteiger partial charge in [0.1, 0.15) is 5.75 Å². The molecule has 26 heavy (non-hydrogen) atoms. The van der Waals surface area contributed by atoms with Crippen LogP contribution < -0.4 is 4.74 Å². The zero-order valence-electron chi connectivity index (χ0n) is 14.5. The van der Waals surface area contributed by atoms with Crippen LogP contribution in [0.1, 0.15) is 5.56 Å². The summed E-state index contributed by atoms with van der Waals surface area (Å²) in [6, 6.07) is 21.2. The van der Waals surface area contributed by atoms with Gasteiger partial charge < -0.3 is 4.74 Å². The lowest BCUT2D eigenvalue weighted by atomic mass is 9.92. The molecular weight excluding hydrogens is 326 g/mol. The third-order valence-corrected chi connectivity index (χ3v) is 4.70. The van der Waals surface area contributed by atoms with Gasteiger partial charge in [-0.1, -0.05) is 35.9 Å². The zero-order chi connectivity index (χ0) is 18.3. The summed E-state index contributed by atoms with van der Waals surface area (Å²) in [5.74, 6) is 0.778. The molecule has 4 heteroatoms. The van der Waals surface area contributed by atoms with Crippen molar-refractivity contribution in [3.63, 3.8) is 0 Å². The second-order valence-corrected chi connectivity index (χ2v) is 6.36. The summed E-state index contributed by atoms with van der Waals surface area (Å²) in [4.78, 5) is 10.9. The first-order valence-corrected chi connectivity index (χ1v) is 8.33. The van der Waals surface area contributed by atoms with Crippen LogP contribution in [0.25, 0.3) is 32.7 Å². The Bertz CT molecular complexity index is 1150. The highest BCUT2D eigenvalue weighted by Gasteiger charge is 2.13. The maximum Gasteiger partial charge on any atom is 0.270 e. The predicted molar refractivity (Wildman–Crippen MR) is 105 cm³/mol. The molecule has 128 valence electrons. The lowest BCUT2D eigenvalue weighted by Gasteiger charge is -2.12. The number of ether oxygens (including phenoxy) is 1. The largest absolute Gasteiger partial charge is 0.497 e. The van der Waals surface area contributed by atoms with E-state index < -0.39 is 0 Å². The number of hydrogen-bond donors (Lipinski definition) is 0. The van der Waals surface area contributed by atoms with Gasteiger partial charge in [0.2, 0.25) is 0 Å². The number of nitrogens with zero attached hydrogens (tertiary/aromatic N) is 1. The molecule has 0 saturated heterocycles. The van der Waals surface area contributed by atoms with Gasteiger partial charge in [-0.15, -0.1) is 0 Å². The molecule has 0 heterocycles. The molecule has 0 bridgehead atoms. The fourth-order valence-corrected chi connectivity index (χ4v) is 3.38. The molecule has 0 saturated carbocycles. The van der Waals surface area contributed by atoms with Crippen LogP contribution in [-0.4, -0.2) is 12.0 Å². The number of methoxy groups -OCH3 is 1. The molecule has 4 nitrogen and oxygen atoms in total. The van der Waals surface area contributed by atoms with Crippen LogP contribution in [0, 0.1) is 17.0 Å². The maximum atomic E-state index is 11.3. The molecule has 0 spiro atoms. The first kappa shape index (κ1) is 16.1. The van der Waals surface area contributed by atoms with Crippen LogP contribution in [0.5, 0.6) is 5.75 Å². The smallest absolute Gasteiger partial charge is 0.270 e. The van der Waals surface area contributed by atoms with Crippen LogP contribution in [0.15, 0.2) is 66.7 Å². The topological polar surface area (TPSA) is 52.4 Å². The summed E-state index contributed by atoms with van der Waals surface area (Å²) in [5, 5.41) is 15.4. The van der Waals surface area contributed by atoms with Gasteiger partial charge in [0.15, 0.2) is 0 Å². The van der Waals surface area contributed by atoms with E-state index in [2.05, 4.69) is 24.3 Å². The number of rotatable bonds is 3. The Morgan fingerprint density at radius 3 is 2.31 bits per heavy atom. The van der Waals surface area contributed by atoms with E-state index in [0.29, 0.717) is 0 Å². The third kappa shape index (κ3) is 2.65. The molecular formula is C22H17NO3. The maximum absolute atomic E-state index is 11.3. The molecule has 0 radical (unpaired) electrons. The molecule has 0 amide bonds. The number of fused-ring (bicyclic) bond motifs is 3. The summed E-state index contributed by atoms with van der Waals surface area (Å²) < 4.78 is 5.24. The normalized spacial score (nSPS) is 11.0. The van der Waals surface area contributed by atoms with Crippen molar-refractivity contribution in [2.45, 2.75) is 6.92 Å². The zero-order valence-corrected chi connectivity index (χ0v) is 14.5. The van der Waals surface area contributed by atoms with Crippen LogP contribution in [0.3, 0.4) is 0 Å². The van der Waals surface area contributed by atoms with Crippen molar-refractivity contribution in [1.29, 1.82) is 0 Å². The number of nitro groups is 1. The Kier molecular flexibility index (Phi) is 3.81. The van der Waals surface area contributed by atoms with E-state index >= 15 is 0 Å². The van der Waals surface area contributed by atoms with E-state index in [9.17, 15) is 10.1 Å². The molecule has 0 aliphatic heterocycles. The standard InChI is InChI=1S/C22H17NO3/c1-14-3-4-16-12-21(15-5-8-18(26-2)9-6-15)22-13-17(23(24)25)7-10-19(22)20(16)11-14/h3-13H,1-2H3. The summed E-state index contributed by atoms with van der Waals surface area (Å²) in [5.41, 5.74) is 3.23. The van der Waals surface area contributed by atoms with Crippen LogP contribution in [0.4, 0.5) is 5.69 Å². The average molecular weight is 343 g/mol. The molecule has 0 N–H and O–H groups in total. The minimum absolute atomic E-state index is 0.0965. The van der Waals surface area contributed by atoms with E-state index in [1.807, 2.05) is 37.3 Å². The highest BCUT2D eigenvalue weighted by atomic mass is 16.6. The molecule has 4 aromatic carbocycles. The Labute approximate surface area is 150 Å². The second-order valence-electron chi connectivity index (χ2n) is 6.36. The van der Waals surface area contributed by atoms with Gasteiger partial charge in [-0.3, -0.25) is 10.1 Å². The van der Waals surface area contributed by atoms with Crippen molar-refractivity contribution >= 4 is 27.2 Å². The first-order chi connectivity index (χ1) is 12.6. The van der Waals surface area contributed by atoms with E-state index in [1.165, 1.54) is 0 Å². The Morgan fingerprint density at radius 2 is 1.62 bits per heavy atom. The van der Waals surface area contributed by atoms with Crippen molar-refractivity contribution < 1.29 is 9.66 Å². The summed E-state index contributed by atoms with van der Waals surface area (Å²) in [7, 11) is 1.63. The van der Waals surface area contributed by atoms with Crippen molar-refractivity contribution in [3.8, 4) is 16.9 Å². The van der Waals surface area contributed by atoms with Gasteiger partial charge in [0, 0.05) is 12.1 Å². The fourth-order valence-electron chi connectivity index (χ4n) is 3.38. The molecule has 4 rings (SSSR count). The fraction of sp³-hybridized carbons (Fsp3) is 0.0909. The van der Waals surface area contributed by atoms with Crippen molar-refractivity contribution in [3.05, 3.63) is 82.4 Å². The second kappa shape index (κ2) is 6.15. The molecule has 0 atom stereocenters. The van der Waals surface area contributed by atoms with Gasteiger partial charge in [-0.2, -0.15) is 0 Å². The molecule has 0 fully saturated rings. The SMILES string of the molecule is COc1ccc(-c2cc3ccc(C)cc3c3ccc([N+](=O)[O-])cc23)cc1. The van der Waals surface area contributed by atoms with E-state index in [-0.39, 0.29) is 10.6 Å². The van der Waals surface area contributed by atoms with Crippen LogP contribution in [0.2, 0.25) is 0 Å². The average Bonchev–Trinajstić information content (AvgIpc) is 2.67. The predicted octanol–water partition coefficient (Wildman–Crippen LogP) is 5.89. The summed E-state index contributed by atoms with van der Waals surface area (Å²) in [6.07, 6.45) is 0. The number of benzene rings is 4. The monoisotopic (exact) mass is 343 g/mol. The lowest BCUT2D eigenvalue weighted by molar-refractivity contribution is -0.384. The highest BCUT2D eigenvalue weighted by Crippen LogP contribution is 2.37. The Hall–Kier alpha value is -3.40. The van der Waals surface area contributed by atoms with Gasteiger partial charge in [-0.25, -0.2) is 0 Å². The Balaban J connectivity index is 2.09. The molecule has 0 unspecified atom stereocenters. The number of aryl methyl sites for hydroxylation is 1. The number of nitro benzene ring substituents is 1. The molecule has 4 aromatic rings. The van der Waals surface area contributed by atoms with Crippen molar-refractivity contribution in [2.24, 2.45) is 0 Å². The first-order valence-electron chi connectivity index (χ1n) is 8.33. The number of hydrogen-bond acceptors (Lipinski definition) is 3. The van der Waals surface area contributed by atoms with E-state index in [4.69, 9.17) is 4.74 Å². The third-order valence-electron chi connectivity index (χ3n) is 4.70. The summed E-state index contributed by atoms with van der Waals surface area (Å²) in [6.45, 7) is 2.05. The molecule has 0 aliphatic carbocycles. The molecule has 0 aliphatic rings. The highest BCUT2D eigenvalue weighted by molar-refractivity contribution is 6.14. The van der Waals surface area contributed by atoms with Crippen LogP contribution in [-0.2, 0) is 0 Å². The molecule has 0 aromatic heterocycles. The van der Waals surface area contributed by atoms with Crippen LogP contribution >= 0.6 is 0 Å². The van der Waals surface area contributed by atoms with Gasteiger partial charge in [0.25, 0.3) is 5.69 Å². The van der Waals surface area contributed by atoms with Gasteiger partial charge >= 0.3 is 0 Å². The van der Waals surface area contributed by atoms with Gasteiger partial charge in [0.05, 0.1) is 12.0 Å². The van der Waals surface area contributed by atoms with E-state index in [1.54, 1.807) is 19.2 Å². The minimum atomic E-state index is -0.350. The minimum Gasteiger partial charge on any atom is -0.497 e. The Morgan fingerprint density at radius 1 is 0.846 bits per heavy atom. The lowest BCUT2D eigenvalue weighted by Crippen LogP contribution is -1.90. The van der Waals surface area contributed by atoms with Crippen molar-refractivity contribution in [1.82, 2.24) is 0 Å². The quantitative estimate of drug-likeness (QED) is 0.265.